The van der Waals surface area contributed by atoms with Crippen LogP contribution in [0.1, 0.15) is 17.8 Å². The van der Waals surface area contributed by atoms with Crippen molar-refractivity contribution in [2.45, 2.75) is 24.7 Å². The van der Waals surface area contributed by atoms with Crippen molar-refractivity contribution in [1.29, 1.82) is 0 Å². The first kappa shape index (κ1) is 14.5. The molecule has 1 aromatic heterocycles. The molecule has 7 heteroatoms. The molecule has 0 saturated carbocycles. The molecule has 0 saturated heterocycles. The van der Waals surface area contributed by atoms with Crippen molar-refractivity contribution in [1.82, 2.24) is 14.7 Å². The van der Waals surface area contributed by atoms with Gasteiger partial charge in [-0.1, -0.05) is 0 Å². The zero-order valence-electron chi connectivity index (χ0n) is 11.3. The Morgan fingerprint density at radius 1 is 1.40 bits per heavy atom. The number of nitrogens with one attached hydrogen (secondary N) is 2. The predicted molar refractivity (Wildman–Crippen MR) is 77.7 cm³/mol. The lowest BCUT2D eigenvalue weighted by molar-refractivity contribution is 0.578. The standard InChI is InChI=1S/C13H18N4O2S/c1-10-9-11(4-5-12(10)14)20(18,19)17-6-2-3-13-15-7-8-16-13/h4-5,7-9,17H,2-3,6,14H2,1H3,(H,15,16). The van der Waals surface area contributed by atoms with E-state index >= 15 is 0 Å². The van der Waals surface area contributed by atoms with Crippen molar-refractivity contribution in [3.8, 4) is 0 Å². The van der Waals surface area contributed by atoms with Gasteiger partial charge in [-0.25, -0.2) is 18.1 Å². The second-order valence-corrected chi connectivity index (χ2v) is 6.32. The summed E-state index contributed by atoms with van der Waals surface area (Å²) in [5, 5.41) is 0. The molecule has 0 unspecified atom stereocenters. The molecule has 0 aliphatic carbocycles. The fraction of sp³-hybridized carbons (Fsp3) is 0.308. The first-order valence-electron chi connectivity index (χ1n) is 6.33. The molecule has 0 spiro atoms. The highest BCUT2D eigenvalue weighted by molar-refractivity contribution is 7.89. The number of H-pyrrole nitrogens is 1. The van der Waals surface area contributed by atoms with Crippen LogP contribution in [0.15, 0.2) is 35.5 Å². The summed E-state index contributed by atoms with van der Waals surface area (Å²) in [7, 11) is -3.48. The average Bonchev–Trinajstić information content (AvgIpc) is 2.91. The molecular formula is C13H18N4O2S. The molecule has 0 aliphatic heterocycles. The Bertz CT molecular complexity index is 666. The number of rotatable bonds is 6. The van der Waals surface area contributed by atoms with Crippen LogP contribution in [-0.4, -0.2) is 24.9 Å². The SMILES string of the molecule is Cc1cc(S(=O)(=O)NCCCc2ncc[nH]2)ccc1N. The number of aryl methyl sites for hydroxylation is 2. The molecule has 4 N–H and O–H groups in total. The van der Waals surface area contributed by atoms with Crippen LogP contribution in [0.5, 0.6) is 0 Å². The summed E-state index contributed by atoms with van der Waals surface area (Å²) in [5.41, 5.74) is 7.02. The van der Waals surface area contributed by atoms with Gasteiger partial charge in [0.25, 0.3) is 0 Å². The lowest BCUT2D eigenvalue weighted by Gasteiger charge is -2.08. The van der Waals surface area contributed by atoms with Gasteiger partial charge in [-0.15, -0.1) is 0 Å². The van der Waals surface area contributed by atoms with Gasteiger partial charge in [0.15, 0.2) is 0 Å². The third kappa shape index (κ3) is 3.58. The van der Waals surface area contributed by atoms with Gasteiger partial charge in [0.05, 0.1) is 4.90 Å². The lowest BCUT2D eigenvalue weighted by Crippen LogP contribution is -2.25. The van der Waals surface area contributed by atoms with Gasteiger partial charge in [0.2, 0.25) is 10.0 Å². The molecule has 0 aliphatic rings. The average molecular weight is 294 g/mol. The second-order valence-electron chi connectivity index (χ2n) is 4.56. The van der Waals surface area contributed by atoms with Crippen LogP contribution in [-0.2, 0) is 16.4 Å². The molecule has 0 bridgehead atoms. The number of hydrogen-bond acceptors (Lipinski definition) is 4. The van der Waals surface area contributed by atoms with Crippen LogP contribution in [0.25, 0.3) is 0 Å². The summed E-state index contributed by atoms with van der Waals surface area (Å²) in [6.45, 7) is 2.15. The van der Waals surface area contributed by atoms with Crippen LogP contribution in [0, 0.1) is 6.92 Å². The van der Waals surface area contributed by atoms with Crippen molar-refractivity contribution >= 4 is 15.7 Å². The van der Waals surface area contributed by atoms with Crippen LogP contribution in [0.3, 0.4) is 0 Å². The minimum atomic E-state index is -3.48. The van der Waals surface area contributed by atoms with E-state index in [0.717, 1.165) is 11.4 Å². The van der Waals surface area contributed by atoms with E-state index in [4.69, 9.17) is 5.73 Å². The maximum Gasteiger partial charge on any atom is 0.240 e. The van der Waals surface area contributed by atoms with Crippen molar-refractivity contribution in [2.75, 3.05) is 12.3 Å². The summed E-state index contributed by atoms with van der Waals surface area (Å²) in [4.78, 5) is 7.30. The molecule has 0 atom stereocenters. The van der Waals surface area contributed by atoms with Crippen LogP contribution in [0.4, 0.5) is 5.69 Å². The van der Waals surface area contributed by atoms with Gasteiger partial charge in [-0.3, -0.25) is 0 Å². The van der Waals surface area contributed by atoms with E-state index < -0.39 is 10.0 Å². The molecule has 0 radical (unpaired) electrons. The summed E-state index contributed by atoms with van der Waals surface area (Å²) >= 11 is 0. The van der Waals surface area contributed by atoms with Crippen LogP contribution in [0.2, 0.25) is 0 Å². The first-order chi connectivity index (χ1) is 9.49. The molecule has 0 fully saturated rings. The van der Waals surface area contributed by atoms with E-state index in [-0.39, 0.29) is 4.90 Å². The van der Waals surface area contributed by atoms with E-state index in [1.807, 2.05) is 0 Å². The molecule has 2 aromatic rings. The number of hydrogen-bond donors (Lipinski definition) is 3. The molecule has 1 heterocycles. The third-order valence-corrected chi connectivity index (χ3v) is 4.45. The van der Waals surface area contributed by atoms with E-state index in [1.54, 1.807) is 31.5 Å². The Hall–Kier alpha value is -1.86. The van der Waals surface area contributed by atoms with Gasteiger partial charge in [0, 0.05) is 31.0 Å². The number of nitrogens with zero attached hydrogens (tertiary/aromatic N) is 1. The second kappa shape index (κ2) is 6.06. The molecule has 6 nitrogen and oxygen atoms in total. The largest absolute Gasteiger partial charge is 0.399 e. The Kier molecular flexibility index (Phi) is 4.41. The number of imidazole rings is 1. The van der Waals surface area contributed by atoms with Gasteiger partial charge in [-0.2, -0.15) is 0 Å². The summed E-state index contributed by atoms with van der Waals surface area (Å²) < 4.78 is 26.7. The topological polar surface area (TPSA) is 101 Å². The van der Waals surface area contributed by atoms with Crippen LogP contribution >= 0.6 is 0 Å². The van der Waals surface area contributed by atoms with Gasteiger partial charge < -0.3 is 10.7 Å². The number of nitrogens with two attached hydrogens (primary N) is 1. The molecule has 0 amide bonds. The predicted octanol–water partition coefficient (Wildman–Crippen LogP) is 1.21. The van der Waals surface area contributed by atoms with Crippen molar-refractivity contribution in [3.05, 3.63) is 42.0 Å². The van der Waals surface area contributed by atoms with E-state index in [1.165, 1.54) is 6.07 Å². The van der Waals surface area contributed by atoms with Gasteiger partial charge >= 0.3 is 0 Å². The van der Waals surface area contributed by atoms with E-state index in [9.17, 15) is 8.42 Å². The third-order valence-electron chi connectivity index (χ3n) is 2.99. The van der Waals surface area contributed by atoms with Crippen LogP contribution < -0.4 is 10.5 Å². The number of nitrogen functional groups attached to an aromatic ring is 1. The molecule has 108 valence electrons. The Labute approximate surface area is 118 Å². The Morgan fingerprint density at radius 2 is 2.20 bits per heavy atom. The maximum absolute atomic E-state index is 12.1. The zero-order chi connectivity index (χ0) is 14.6. The Morgan fingerprint density at radius 3 is 2.85 bits per heavy atom. The van der Waals surface area contributed by atoms with Gasteiger partial charge in [-0.05, 0) is 37.1 Å². The minimum Gasteiger partial charge on any atom is -0.399 e. The number of benzene rings is 1. The van der Waals surface area contributed by atoms with Crippen molar-refractivity contribution in [2.24, 2.45) is 0 Å². The fourth-order valence-corrected chi connectivity index (χ4v) is 2.95. The molecule has 2 rings (SSSR count). The number of aromatic amines is 1. The minimum absolute atomic E-state index is 0.238. The summed E-state index contributed by atoms with van der Waals surface area (Å²) in [6.07, 6.45) is 4.81. The molecular weight excluding hydrogens is 276 g/mol. The highest BCUT2D eigenvalue weighted by Crippen LogP contribution is 2.16. The normalized spacial score (nSPS) is 11.7. The summed E-state index contributed by atoms with van der Waals surface area (Å²) in [5.74, 6) is 0.854. The highest BCUT2D eigenvalue weighted by atomic mass is 32.2. The number of anilines is 1. The quantitative estimate of drug-likeness (QED) is 0.550. The monoisotopic (exact) mass is 294 g/mol. The van der Waals surface area contributed by atoms with E-state index in [2.05, 4.69) is 14.7 Å². The lowest BCUT2D eigenvalue weighted by atomic mass is 10.2. The molecule has 1 aromatic carbocycles. The smallest absolute Gasteiger partial charge is 0.240 e. The van der Waals surface area contributed by atoms with E-state index in [0.29, 0.717) is 25.1 Å². The zero-order valence-corrected chi connectivity index (χ0v) is 12.1. The van der Waals surface area contributed by atoms with Gasteiger partial charge in [0.1, 0.15) is 5.82 Å². The summed E-state index contributed by atoms with van der Waals surface area (Å²) in [6, 6.07) is 4.69. The number of aromatic nitrogens is 2. The first-order valence-corrected chi connectivity index (χ1v) is 7.81. The highest BCUT2D eigenvalue weighted by Gasteiger charge is 2.13. The fourth-order valence-electron chi connectivity index (χ4n) is 1.80. The Balaban J connectivity index is 1.92. The van der Waals surface area contributed by atoms with Crippen molar-refractivity contribution < 1.29 is 8.42 Å². The van der Waals surface area contributed by atoms with Crippen molar-refractivity contribution in [3.63, 3.8) is 0 Å². The number of sulfonamides is 1. The molecule has 20 heavy (non-hydrogen) atoms. The maximum atomic E-state index is 12.1.